The molecular formula is C36H45FO5Si. The number of benzene rings is 3. The summed E-state index contributed by atoms with van der Waals surface area (Å²) in [5.41, 5.74) is 0.0814. The van der Waals surface area contributed by atoms with E-state index in [2.05, 4.69) is 45.0 Å². The summed E-state index contributed by atoms with van der Waals surface area (Å²) in [5.74, 6) is -1.50. The minimum Gasteiger partial charge on any atom is -0.383 e. The van der Waals surface area contributed by atoms with Gasteiger partial charge in [-0.25, -0.2) is 4.39 Å². The minimum atomic E-state index is -2.34. The lowest BCUT2D eigenvalue weighted by Crippen LogP contribution is -2.66. The Morgan fingerprint density at radius 2 is 1.53 bits per heavy atom. The van der Waals surface area contributed by atoms with Crippen molar-refractivity contribution in [2.24, 2.45) is 17.3 Å². The summed E-state index contributed by atoms with van der Waals surface area (Å²) in [6.45, 7) is 9.46. The highest BCUT2D eigenvalue weighted by Crippen LogP contribution is 2.64. The Labute approximate surface area is 257 Å². The monoisotopic (exact) mass is 604 g/mol. The molecule has 3 unspecified atom stereocenters. The Hall–Kier alpha value is -2.39. The van der Waals surface area contributed by atoms with Gasteiger partial charge in [-0.05, 0) is 77.9 Å². The van der Waals surface area contributed by atoms with E-state index in [-0.39, 0.29) is 35.5 Å². The van der Waals surface area contributed by atoms with E-state index in [1.807, 2.05) is 55.5 Å². The standard InChI is InChI=1S/C36H45FO5Si/c1-34(2,3)33-29-23-31(38)41-35(4,42-43(27-13-7-5-8-14-27)28-15-9-6-10-16-28)36(29,25-18-20-26(37)21-19-25)24-30(33)40-32-17-11-12-22-39-32/h5-10,13-16,18-21,29-33,38,43H,11-12,17,22-24H2,1-4H3/t29-,30-,31?,32?,33-,35?,36-/m0/s1. The van der Waals surface area contributed by atoms with Crippen LogP contribution in [-0.2, 0) is 24.1 Å². The van der Waals surface area contributed by atoms with E-state index in [9.17, 15) is 9.50 Å². The lowest BCUT2D eigenvalue weighted by molar-refractivity contribution is -0.329. The zero-order valence-electron chi connectivity index (χ0n) is 25.7. The largest absolute Gasteiger partial charge is 0.383 e. The molecule has 2 heterocycles. The van der Waals surface area contributed by atoms with Crippen molar-refractivity contribution in [3.05, 3.63) is 96.3 Å². The smallest absolute Gasteiger partial charge is 0.243 e. The van der Waals surface area contributed by atoms with E-state index in [4.69, 9.17) is 18.6 Å². The van der Waals surface area contributed by atoms with Gasteiger partial charge in [-0.1, -0.05) is 93.6 Å². The molecule has 1 N–H and O–H groups in total. The van der Waals surface area contributed by atoms with Crippen molar-refractivity contribution in [1.82, 2.24) is 0 Å². The first-order chi connectivity index (χ1) is 20.6. The van der Waals surface area contributed by atoms with Crippen LogP contribution < -0.4 is 10.4 Å². The first-order valence-corrected chi connectivity index (χ1v) is 17.4. The van der Waals surface area contributed by atoms with Crippen molar-refractivity contribution in [3.63, 3.8) is 0 Å². The van der Waals surface area contributed by atoms with Crippen LogP contribution in [0, 0.1) is 23.1 Å². The predicted octanol–water partition coefficient (Wildman–Crippen LogP) is 5.67. The molecule has 3 aromatic rings. The molecule has 0 amide bonds. The van der Waals surface area contributed by atoms with Crippen molar-refractivity contribution >= 4 is 19.4 Å². The normalized spacial score (nSPS) is 33.0. The van der Waals surface area contributed by atoms with Crippen molar-refractivity contribution in [3.8, 4) is 0 Å². The summed E-state index contributed by atoms with van der Waals surface area (Å²) in [5, 5.41) is 13.7. The fourth-order valence-corrected chi connectivity index (χ4v) is 10.8. The van der Waals surface area contributed by atoms with Crippen molar-refractivity contribution in [1.29, 1.82) is 0 Å². The second kappa shape index (κ2) is 12.2. The van der Waals surface area contributed by atoms with Crippen LogP contribution in [0.5, 0.6) is 0 Å². The third-order valence-electron chi connectivity index (χ3n) is 9.99. The average molecular weight is 605 g/mol. The van der Waals surface area contributed by atoms with E-state index in [0.29, 0.717) is 19.4 Å². The molecule has 1 aliphatic carbocycles. The van der Waals surface area contributed by atoms with Crippen molar-refractivity contribution in [2.45, 2.75) is 89.7 Å². The van der Waals surface area contributed by atoms with Gasteiger partial charge in [-0.15, -0.1) is 0 Å². The Balaban J connectivity index is 1.51. The van der Waals surface area contributed by atoms with Crippen LogP contribution >= 0.6 is 0 Å². The highest BCUT2D eigenvalue weighted by molar-refractivity contribution is 6.80. The predicted molar refractivity (Wildman–Crippen MR) is 168 cm³/mol. The molecule has 0 bridgehead atoms. The van der Waals surface area contributed by atoms with E-state index < -0.39 is 26.5 Å². The third kappa shape index (κ3) is 5.88. The van der Waals surface area contributed by atoms with Crippen LogP contribution in [0.4, 0.5) is 4.39 Å². The van der Waals surface area contributed by atoms with Gasteiger partial charge < -0.3 is 23.7 Å². The van der Waals surface area contributed by atoms with Gasteiger partial charge in [0.05, 0.1) is 11.5 Å². The van der Waals surface area contributed by atoms with Crippen LogP contribution in [0.15, 0.2) is 84.9 Å². The number of rotatable bonds is 7. The summed E-state index contributed by atoms with van der Waals surface area (Å²) in [4.78, 5) is 0. The molecule has 230 valence electrons. The van der Waals surface area contributed by atoms with Crippen molar-refractivity contribution < 1.29 is 28.1 Å². The molecule has 0 spiro atoms. The molecule has 1 saturated carbocycles. The Morgan fingerprint density at radius 1 is 0.907 bits per heavy atom. The minimum absolute atomic E-state index is 0.0542. The average Bonchev–Trinajstić information content (AvgIpc) is 3.33. The van der Waals surface area contributed by atoms with Crippen LogP contribution in [0.3, 0.4) is 0 Å². The molecule has 3 aliphatic rings. The first-order valence-electron chi connectivity index (χ1n) is 15.8. The van der Waals surface area contributed by atoms with E-state index in [0.717, 1.165) is 35.2 Å². The summed E-state index contributed by atoms with van der Waals surface area (Å²) in [6, 6.07) is 27.5. The highest BCUT2D eigenvalue weighted by Gasteiger charge is 2.69. The SMILES string of the molecule is CC(C)(C)[C@@H]1[C@@H](OC2CCCCO2)C[C@]2(c3ccc(F)cc3)[C@H]1CC(O)OC2(C)O[SiH](c1ccccc1)c1ccccc1. The summed E-state index contributed by atoms with van der Waals surface area (Å²) in [6.07, 6.45) is 2.60. The van der Waals surface area contributed by atoms with Gasteiger partial charge in [0.15, 0.2) is 18.4 Å². The fourth-order valence-electron chi connectivity index (χ4n) is 8.25. The molecule has 2 saturated heterocycles. The quantitative estimate of drug-likeness (QED) is 0.353. The molecule has 5 nitrogen and oxygen atoms in total. The second-order valence-corrected chi connectivity index (χ2v) is 16.1. The van der Waals surface area contributed by atoms with Gasteiger partial charge >= 0.3 is 0 Å². The molecule has 43 heavy (non-hydrogen) atoms. The first kappa shape index (κ1) is 30.6. The lowest BCUT2D eigenvalue weighted by Gasteiger charge is -2.56. The van der Waals surface area contributed by atoms with Gasteiger partial charge in [-0.3, -0.25) is 0 Å². The molecule has 3 fully saturated rings. The number of hydrogen-bond acceptors (Lipinski definition) is 5. The molecule has 7 atom stereocenters. The van der Waals surface area contributed by atoms with Crippen molar-refractivity contribution in [2.75, 3.05) is 6.61 Å². The fraction of sp³-hybridized carbons (Fsp3) is 0.500. The molecule has 3 aromatic carbocycles. The number of halogens is 1. The molecule has 0 aromatic heterocycles. The maximum atomic E-state index is 14.4. The number of aliphatic hydroxyl groups excluding tert-OH is 1. The summed E-state index contributed by atoms with van der Waals surface area (Å²) < 4.78 is 41.4. The summed E-state index contributed by atoms with van der Waals surface area (Å²) in [7, 11) is -2.34. The van der Waals surface area contributed by atoms with E-state index in [1.54, 1.807) is 0 Å². The topological polar surface area (TPSA) is 57.2 Å². The Bertz CT molecular complexity index is 1300. The Morgan fingerprint density at radius 3 is 2.09 bits per heavy atom. The van der Waals surface area contributed by atoms with E-state index in [1.165, 1.54) is 12.1 Å². The number of hydrogen-bond donors (Lipinski definition) is 1. The maximum Gasteiger partial charge on any atom is 0.243 e. The number of ether oxygens (including phenoxy) is 3. The highest BCUT2D eigenvalue weighted by atomic mass is 28.3. The maximum absolute atomic E-state index is 14.4. The Kier molecular flexibility index (Phi) is 8.68. The zero-order valence-corrected chi connectivity index (χ0v) is 26.9. The lowest BCUT2D eigenvalue weighted by atomic mass is 9.60. The van der Waals surface area contributed by atoms with E-state index >= 15 is 0 Å². The van der Waals surface area contributed by atoms with Crippen LogP contribution in [0.25, 0.3) is 0 Å². The third-order valence-corrected chi connectivity index (χ3v) is 12.7. The number of aliphatic hydroxyl groups is 1. The van der Waals surface area contributed by atoms with Crippen LogP contribution in [0.2, 0.25) is 0 Å². The zero-order chi connectivity index (χ0) is 30.2. The van der Waals surface area contributed by atoms with Gasteiger partial charge in [0.2, 0.25) is 9.04 Å². The molecule has 2 aliphatic heterocycles. The molecule has 7 heteroatoms. The molecule has 6 rings (SSSR count). The molecular weight excluding hydrogens is 559 g/mol. The van der Waals surface area contributed by atoms with Gasteiger partial charge in [0.1, 0.15) is 5.82 Å². The van der Waals surface area contributed by atoms with Gasteiger partial charge in [-0.2, -0.15) is 0 Å². The molecule has 0 radical (unpaired) electrons. The van der Waals surface area contributed by atoms with Gasteiger partial charge in [0.25, 0.3) is 0 Å². The van der Waals surface area contributed by atoms with Gasteiger partial charge in [0, 0.05) is 13.0 Å². The van der Waals surface area contributed by atoms with Crippen LogP contribution in [0.1, 0.15) is 65.4 Å². The number of fused-ring (bicyclic) bond motifs is 1. The van der Waals surface area contributed by atoms with Crippen LogP contribution in [-0.4, -0.2) is 45.2 Å². The second-order valence-electron chi connectivity index (χ2n) is 13.7. The summed E-state index contributed by atoms with van der Waals surface area (Å²) >= 11 is 0.